The zero-order valence-corrected chi connectivity index (χ0v) is 11.9. The molecule has 0 saturated heterocycles. The molecular weight excluding hydrogens is 288 g/mol. The van der Waals surface area contributed by atoms with Gasteiger partial charge in [0.05, 0.1) is 18.2 Å². The first kappa shape index (κ1) is 13.8. The van der Waals surface area contributed by atoms with Crippen molar-refractivity contribution in [2.24, 2.45) is 0 Å². The van der Waals surface area contributed by atoms with Gasteiger partial charge in [-0.05, 0) is 24.3 Å². The van der Waals surface area contributed by atoms with Gasteiger partial charge in [0.1, 0.15) is 0 Å². The Labute approximate surface area is 116 Å². The standard InChI is InChI=1S/C12H11ClN2O3S/c1-18-10-7-14-12(15-11(10)13)8-3-5-9(6-4-8)19(2,16)17/h3-7H,1-2H3. The second kappa shape index (κ2) is 5.14. The number of hydrogen-bond acceptors (Lipinski definition) is 5. The zero-order chi connectivity index (χ0) is 14.0. The Morgan fingerprint density at radius 3 is 2.32 bits per heavy atom. The number of benzene rings is 1. The molecule has 0 atom stereocenters. The van der Waals surface area contributed by atoms with Gasteiger partial charge in [-0.1, -0.05) is 11.6 Å². The summed E-state index contributed by atoms with van der Waals surface area (Å²) in [5, 5.41) is 0.208. The molecule has 5 nitrogen and oxygen atoms in total. The molecule has 7 heteroatoms. The third-order valence-corrected chi connectivity index (χ3v) is 3.87. The summed E-state index contributed by atoms with van der Waals surface area (Å²) in [6.07, 6.45) is 2.62. The summed E-state index contributed by atoms with van der Waals surface area (Å²) in [6, 6.07) is 6.28. The Balaban J connectivity index is 2.40. The van der Waals surface area contributed by atoms with Gasteiger partial charge in [0.25, 0.3) is 0 Å². The van der Waals surface area contributed by atoms with Crippen LogP contribution in [0, 0.1) is 0 Å². The minimum absolute atomic E-state index is 0.208. The van der Waals surface area contributed by atoms with Gasteiger partial charge in [0, 0.05) is 11.8 Å². The molecule has 19 heavy (non-hydrogen) atoms. The topological polar surface area (TPSA) is 69.2 Å². The molecule has 1 aromatic carbocycles. The average Bonchev–Trinajstić information content (AvgIpc) is 2.38. The van der Waals surface area contributed by atoms with Crippen LogP contribution in [0.15, 0.2) is 35.4 Å². The van der Waals surface area contributed by atoms with E-state index >= 15 is 0 Å². The van der Waals surface area contributed by atoms with E-state index in [0.29, 0.717) is 17.1 Å². The van der Waals surface area contributed by atoms with Crippen molar-refractivity contribution in [1.29, 1.82) is 0 Å². The molecule has 100 valence electrons. The maximum atomic E-state index is 11.3. The van der Waals surface area contributed by atoms with Crippen LogP contribution in [0.4, 0.5) is 0 Å². The number of methoxy groups -OCH3 is 1. The molecule has 2 aromatic rings. The minimum Gasteiger partial charge on any atom is -0.492 e. The average molecular weight is 299 g/mol. The Morgan fingerprint density at radius 2 is 1.84 bits per heavy atom. The monoisotopic (exact) mass is 298 g/mol. The van der Waals surface area contributed by atoms with Crippen LogP contribution in [0.2, 0.25) is 5.15 Å². The second-order valence-corrected chi connectivity index (χ2v) is 6.22. The van der Waals surface area contributed by atoms with E-state index in [9.17, 15) is 8.42 Å². The Hall–Kier alpha value is -1.66. The van der Waals surface area contributed by atoms with Gasteiger partial charge in [-0.15, -0.1) is 0 Å². The van der Waals surface area contributed by atoms with Gasteiger partial charge < -0.3 is 4.74 Å². The van der Waals surface area contributed by atoms with Crippen LogP contribution in [0.5, 0.6) is 5.75 Å². The molecule has 0 bridgehead atoms. The lowest BCUT2D eigenvalue weighted by Crippen LogP contribution is -1.97. The first-order valence-corrected chi connectivity index (χ1v) is 7.56. The van der Waals surface area contributed by atoms with Gasteiger partial charge in [-0.25, -0.2) is 18.4 Å². The predicted molar refractivity (Wildman–Crippen MR) is 72.1 cm³/mol. The summed E-state index contributed by atoms with van der Waals surface area (Å²) in [5.41, 5.74) is 0.678. The first-order chi connectivity index (χ1) is 8.91. The fourth-order valence-corrected chi connectivity index (χ4v) is 2.31. The molecule has 0 unspecified atom stereocenters. The molecule has 0 radical (unpaired) electrons. The number of aromatic nitrogens is 2. The third-order valence-electron chi connectivity index (χ3n) is 2.47. The van der Waals surface area contributed by atoms with Crippen LogP contribution in [0.25, 0.3) is 11.4 Å². The van der Waals surface area contributed by atoms with Gasteiger partial charge in [0.2, 0.25) is 0 Å². The molecule has 0 spiro atoms. The first-order valence-electron chi connectivity index (χ1n) is 5.29. The van der Waals surface area contributed by atoms with Crippen molar-refractivity contribution in [2.75, 3.05) is 13.4 Å². The van der Waals surface area contributed by atoms with Gasteiger partial charge in [-0.3, -0.25) is 0 Å². The van der Waals surface area contributed by atoms with Crippen molar-refractivity contribution in [3.63, 3.8) is 0 Å². The maximum Gasteiger partial charge on any atom is 0.175 e. The summed E-state index contributed by atoms with van der Waals surface area (Å²) in [7, 11) is -1.73. The highest BCUT2D eigenvalue weighted by atomic mass is 35.5. The molecule has 0 fully saturated rings. The van der Waals surface area contributed by atoms with E-state index in [1.807, 2.05) is 0 Å². The number of nitrogens with zero attached hydrogens (tertiary/aromatic N) is 2. The number of hydrogen-bond donors (Lipinski definition) is 0. The summed E-state index contributed by atoms with van der Waals surface area (Å²) >= 11 is 5.91. The van der Waals surface area contributed by atoms with E-state index in [2.05, 4.69) is 9.97 Å². The van der Waals surface area contributed by atoms with Crippen LogP contribution in [0.3, 0.4) is 0 Å². The maximum absolute atomic E-state index is 11.3. The Bertz CT molecular complexity index is 699. The number of ether oxygens (including phenoxy) is 1. The van der Waals surface area contributed by atoms with Crippen LogP contribution >= 0.6 is 11.6 Å². The van der Waals surface area contributed by atoms with Crippen LogP contribution in [0.1, 0.15) is 0 Å². The Kier molecular flexibility index (Phi) is 3.73. The summed E-state index contributed by atoms with van der Waals surface area (Å²) < 4.78 is 27.7. The highest BCUT2D eigenvalue weighted by Crippen LogP contribution is 2.24. The van der Waals surface area contributed by atoms with E-state index in [-0.39, 0.29) is 10.0 Å². The van der Waals surface area contributed by atoms with Crippen LogP contribution in [-0.2, 0) is 9.84 Å². The smallest absolute Gasteiger partial charge is 0.175 e. The van der Waals surface area contributed by atoms with Crippen molar-refractivity contribution in [1.82, 2.24) is 9.97 Å². The lowest BCUT2D eigenvalue weighted by molar-refractivity contribution is 0.411. The van der Waals surface area contributed by atoms with E-state index in [1.165, 1.54) is 25.4 Å². The second-order valence-electron chi connectivity index (χ2n) is 3.85. The SMILES string of the molecule is COc1cnc(-c2ccc(S(C)(=O)=O)cc2)nc1Cl. The highest BCUT2D eigenvalue weighted by molar-refractivity contribution is 7.90. The van der Waals surface area contributed by atoms with E-state index < -0.39 is 9.84 Å². The minimum atomic E-state index is -3.21. The molecule has 0 saturated carbocycles. The molecule has 0 aliphatic rings. The molecule has 2 rings (SSSR count). The quantitative estimate of drug-likeness (QED) is 0.813. The summed E-state index contributed by atoms with van der Waals surface area (Å²) in [5.74, 6) is 0.795. The van der Waals surface area contributed by atoms with Crippen molar-refractivity contribution < 1.29 is 13.2 Å². The number of halogens is 1. The Morgan fingerprint density at radius 1 is 1.21 bits per heavy atom. The van der Waals surface area contributed by atoms with Gasteiger partial charge >= 0.3 is 0 Å². The van der Waals surface area contributed by atoms with Crippen molar-refractivity contribution >= 4 is 21.4 Å². The molecule has 0 N–H and O–H groups in total. The van der Waals surface area contributed by atoms with Crippen molar-refractivity contribution in [3.05, 3.63) is 35.6 Å². The lowest BCUT2D eigenvalue weighted by Gasteiger charge is -2.05. The normalized spacial score (nSPS) is 11.3. The molecule has 1 aromatic heterocycles. The number of sulfone groups is 1. The fraction of sp³-hybridized carbons (Fsp3) is 0.167. The van der Waals surface area contributed by atoms with Crippen molar-refractivity contribution in [2.45, 2.75) is 4.90 Å². The molecular formula is C12H11ClN2O3S. The lowest BCUT2D eigenvalue weighted by atomic mass is 10.2. The molecule has 1 heterocycles. The predicted octanol–water partition coefficient (Wildman–Crippen LogP) is 2.21. The fourth-order valence-electron chi connectivity index (χ4n) is 1.48. The third kappa shape index (κ3) is 3.02. The van der Waals surface area contributed by atoms with E-state index in [1.54, 1.807) is 12.1 Å². The summed E-state index contributed by atoms with van der Waals surface area (Å²) in [4.78, 5) is 8.43. The molecule has 0 amide bonds. The largest absolute Gasteiger partial charge is 0.492 e. The van der Waals surface area contributed by atoms with Crippen LogP contribution in [-0.4, -0.2) is 31.8 Å². The summed E-state index contributed by atoms with van der Waals surface area (Å²) in [6.45, 7) is 0. The number of rotatable bonds is 3. The van der Waals surface area contributed by atoms with E-state index in [4.69, 9.17) is 16.3 Å². The highest BCUT2D eigenvalue weighted by Gasteiger charge is 2.10. The molecule has 0 aliphatic heterocycles. The van der Waals surface area contributed by atoms with Gasteiger partial charge in [-0.2, -0.15) is 0 Å². The zero-order valence-electron chi connectivity index (χ0n) is 10.3. The van der Waals surface area contributed by atoms with Crippen molar-refractivity contribution in [3.8, 4) is 17.1 Å². The molecule has 0 aliphatic carbocycles. The van der Waals surface area contributed by atoms with Crippen LogP contribution < -0.4 is 4.74 Å². The van der Waals surface area contributed by atoms with Gasteiger partial charge in [0.15, 0.2) is 26.6 Å². The van der Waals surface area contributed by atoms with E-state index in [0.717, 1.165) is 6.26 Å².